The van der Waals surface area contributed by atoms with Crippen LogP contribution in [0.25, 0.3) is 11.1 Å². The van der Waals surface area contributed by atoms with Gasteiger partial charge in [0.1, 0.15) is 5.52 Å². The summed E-state index contributed by atoms with van der Waals surface area (Å²) in [5.41, 5.74) is 3.07. The molecule has 2 heterocycles. The van der Waals surface area contributed by atoms with Gasteiger partial charge in [-0.2, -0.15) is 0 Å². The van der Waals surface area contributed by atoms with Crippen molar-refractivity contribution in [3.8, 4) is 0 Å². The molecule has 3 unspecified atom stereocenters. The van der Waals surface area contributed by atoms with Gasteiger partial charge in [-0.25, -0.2) is 4.98 Å². The van der Waals surface area contributed by atoms with E-state index in [1.54, 1.807) is 0 Å². The summed E-state index contributed by atoms with van der Waals surface area (Å²) in [7, 11) is 0. The lowest BCUT2D eigenvalue weighted by Crippen LogP contribution is -2.51. The molecule has 5 nitrogen and oxygen atoms in total. The van der Waals surface area contributed by atoms with E-state index in [1.807, 2.05) is 12.1 Å². The number of benzene rings is 1. The molecule has 138 valence electrons. The second kappa shape index (κ2) is 8.49. The summed E-state index contributed by atoms with van der Waals surface area (Å²) in [5.74, 6) is 1.51. The van der Waals surface area contributed by atoms with Crippen LogP contribution in [0.15, 0.2) is 22.6 Å². The van der Waals surface area contributed by atoms with Gasteiger partial charge in [-0.1, -0.05) is 18.6 Å². The molecule has 1 aliphatic carbocycles. The van der Waals surface area contributed by atoms with Crippen LogP contribution < -0.4 is 10.6 Å². The molecule has 1 saturated carbocycles. The average Bonchev–Trinajstić information content (AvgIpc) is 3.23. The SMILES string of the molecule is Cc1cccc2oc(CCNC3CCCC3C3COCCN3)nc12.Cl. The highest BCUT2D eigenvalue weighted by Crippen LogP contribution is 2.29. The summed E-state index contributed by atoms with van der Waals surface area (Å²) in [6.45, 7) is 5.68. The topological polar surface area (TPSA) is 59.3 Å². The van der Waals surface area contributed by atoms with Crippen molar-refractivity contribution in [2.45, 2.75) is 44.7 Å². The van der Waals surface area contributed by atoms with Gasteiger partial charge >= 0.3 is 0 Å². The van der Waals surface area contributed by atoms with E-state index < -0.39 is 0 Å². The quantitative estimate of drug-likeness (QED) is 0.853. The Morgan fingerprint density at radius 1 is 1.32 bits per heavy atom. The molecule has 25 heavy (non-hydrogen) atoms. The Kier molecular flexibility index (Phi) is 6.34. The Labute approximate surface area is 155 Å². The second-order valence-electron chi connectivity index (χ2n) is 7.07. The molecule has 2 fully saturated rings. The predicted molar refractivity (Wildman–Crippen MR) is 101 cm³/mol. The van der Waals surface area contributed by atoms with E-state index >= 15 is 0 Å². The van der Waals surface area contributed by atoms with Gasteiger partial charge in [0.15, 0.2) is 11.5 Å². The average molecular weight is 366 g/mol. The molecular formula is C19H28ClN3O2. The van der Waals surface area contributed by atoms with Crippen LogP contribution in [0.4, 0.5) is 0 Å². The smallest absolute Gasteiger partial charge is 0.196 e. The number of halogens is 1. The van der Waals surface area contributed by atoms with Crippen molar-refractivity contribution in [1.82, 2.24) is 15.6 Å². The molecule has 1 aromatic carbocycles. The van der Waals surface area contributed by atoms with Crippen LogP contribution in [0.1, 0.15) is 30.7 Å². The molecule has 3 atom stereocenters. The van der Waals surface area contributed by atoms with Crippen molar-refractivity contribution in [2.24, 2.45) is 5.92 Å². The Morgan fingerprint density at radius 2 is 2.24 bits per heavy atom. The van der Waals surface area contributed by atoms with Crippen molar-refractivity contribution in [3.05, 3.63) is 29.7 Å². The maximum Gasteiger partial charge on any atom is 0.196 e. The van der Waals surface area contributed by atoms with Crippen LogP contribution >= 0.6 is 12.4 Å². The standard InChI is InChI=1S/C19H27N3O2.ClH/c1-13-4-2-7-17-19(13)22-18(24-17)8-9-20-15-6-3-5-14(15)16-12-23-11-10-21-16;/h2,4,7,14-16,20-21H,3,5-6,8-12H2,1H3;1H. The van der Waals surface area contributed by atoms with Crippen molar-refractivity contribution in [2.75, 3.05) is 26.3 Å². The van der Waals surface area contributed by atoms with Crippen molar-refractivity contribution in [3.63, 3.8) is 0 Å². The minimum atomic E-state index is 0. The maximum absolute atomic E-state index is 5.87. The van der Waals surface area contributed by atoms with E-state index in [1.165, 1.54) is 24.8 Å². The van der Waals surface area contributed by atoms with Gasteiger partial charge in [0, 0.05) is 31.6 Å². The van der Waals surface area contributed by atoms with Gasteiger partial charge in [0.05, 0.1) is 13.2 Å². The monoisotopic (exact) mass is 365 g/mol. The van der Waals surface area contributed by atoms with Crippen LogP contribution in [0.5, 0.6) is 0 Å². The summed E-state index contributed by atoms with van der Waals surface area (Å²) in [6.07, 6.45) is 4.70. The first-order chi connectivity index (χ1) is 11.8. The fraction of sp³-hybridized carbons (Fsp3) is 0.632. The number of hydrogen-bond donors (Lipinski definition) is 2. The molecular weight excluding hydrogens is 338 g/mol. The fourth-order valence-corrected chi connectivity index (χ4v) is 4.19. The Balaban J connectivity index is 0.00000182. The van der Waals surface area contributed by atoms with Gasteiger partial charge in [0.2, 0.25) is 0 Å². The molecule has 0 radical (unpaired) electrons. The second-order valence-corrected chi connectivity index (χ2v) is 7.07. The number of rotatable bonds is 5. The zero-order valence-electron chi connectivity index (χ0n) is 14.8. The van der Waals surface area contributed by atoms with E-state index in [4.69, 9.17) is 9.15 Å². The Bertz CT molecular complexity index is 684. The highest BCUT2D eigenvalue weighted by molar-refractivity contribution is 5.85. The molecule has 2 aliphatic rings. The lowest BCUT2D eigenvalue weighted by molar-refractivity contribution is 0.0525. The molecule has 1 aliphatic heterocycles. The van der Waals surface area contributed by atoms with Gasteiger partial charge in [-0.3, -0.25) is 0 Å². The van der Waals surface area contributed by atoms with E-state index in [0.717, 1.165) is 49.7 Å². The van der Waals surface area contributed by atoms with Gasteiger partial charge in [-0.05, 0) is 37.3 Å². The lowest BCUT2D eigenvalue weighted by atomic mass is 9.94. The number of aryl methyl sites for hydroxylation is 1. The molecule has 1 saturated heterocycles. The van der Waals surface area contributed by atoms with E-state index in [9.17, 15) is 0 Å². The number of hydrogen-bond acceptors (Lipinski definition) is 5. The highest BCUT2D eigenvalue weighted by atomic mass is 35.5. The number of nitrogens with one attached hydrogen (secondary N) is 2. The first-order valence-corrected chi connectivity index (χ1v) is 9.21. The summed E-state index contributed by atoms with van der Waals surface area (Å²) in [4.78, 5) is 4.65. The summed E-state index contributed by atoms with van der Waals surface area (Å²) >= 11 is 0. The molecule has 1 aromatic heterocycles. The zero-order valence-corrected chi connectivity index (χ0v) is 15.6. The zero-order chi connectivity index (χ0) is 16.4. The number of oxazole rings is 1. The lowest BCUT2D eigenvalue weighted by Gasteiger charge is -2.33. The van der Waals surface area contributed by atoms with E-state index in [0.29, 0.717) is 18.0 Å². The summed E-state index contributed by atoms with van der Waals surface area (Å²) in [6, 6.07) is 7.18. The van der Waals surface area contributed by atoms with Gasteiger partial charge in [-0.15, -0.1) is 12.4 Å². The minimum Gasteiger partial charge on any atom is -0.441 e. The normalized spacial score (nSPS) is 26.7. The van der Waals surface area contributed by atoms with E-state index in [-0.39, 0.29) is 12.4 Å². The van der Waals surface area contributed by atoms with Crippen molar-refractivity contribution in [1.29, 1.82) is 0 Å². The van der Waals surface area contributed by atoms with Crippen molar-refractivity contribution >= 4 is 23.5 Å². The third kappa shape index (κ3) is 4.17. The predicted octanol–water partition coefficient (Wildman–Crippen LogP) is 2.85. The fourth-order valence-electron chi connectivity index (χ4n) is 4.19. The first-order valence-electron chi connectivity index (χ1n) is 9.21. The van der Waals surface area contributed by atoms with Gasteiger partial charge in [0.25, 0.3) is 0 Å². The largest absolute Gasteiger partial charge is 0.441 e. The molecule has 0 amide bonds. The maximum atomic E-state index is 5.87. The van der Waals surface area contributed by atoms with Crippen LogP contribution in [-0.4, -0.2) is 43.4 Å². The molecule has 4 rings (SSSR count). The molecule has 6 heteroatoms. The number of nitrogens with zero attached hydrogens (tertiary/aromatic N) is 1. The minimum absolute atomic E-state index is 0. The third-order valence-corrected chi connectivity index (χ3v) is 5.45. The number of ether oxygens (including phenoxy) is 1. The molecule has 0 spiro atoms. The Morgan fingerprint density at radius 3 is 3.04 bits per heavy atom. The number of fused-ring (bicyclic) bond motifs is 1. The summed E-state index contributed by atoms with van der Waals surface area (Å²) in [5, 5.41) is 7.37. The molecule has 2 N–H and O–H groups in total. The van der Waals surface area contributed by atoms with E-state index in [2.05, 4.69) is 28.6 Å². The molecule has 0 bridgehead atoms. The third-order valence-electron chi connectivity index (χ3n) is 5.45. The highest BCUT2D eigenvalue weighted by Gasteiger charge is 2.34. The van der Waals surface area contributed by atoms with Crippen LogP contribution in [-0.2, 0) is 11.2 Å². The van der Waals surface area contributed by atoms with Gasteiger partial charge < -0.3 is 19.8 Å². The van der Waals surface area contributed by atoms with Crippen LogP contribution in [0.3, 0.4) is 0 Å². The number of aromatic nitrogens is 1. The van der Waals surface area contributed by atoms with Crippen LogP contribution in [0, 0.1) is 12.8 Å². The number of para-hydroxylation sites is 1. The first kappa shape index (κ1) is 18.6. The summed E-state index contributed by atoms with van der Waals surface area (Å²) < 4.78 is 11.5. The van der Waals surface area contributed by atoms with Crippen LogP contribution in [0.2, 0.25) is 0 Å². The Hall–Kier alpha value is -1.14. The van der Waals surface area contributed by atoms with Crippen molar-refractivity contribution < 1.29 is 9.15 Å². The molecule has 2 aromatic rings. The number of morpholine rings is 1.